The number of halogens is 2. The molecule has 4 nitrogen and oxygen atoms in total. The number of hydrogen-bond acceptors (Lipinski definition) is 3. The first-order chi connectivity index (χ1) is 9.54. The molecule has 0 radical (unpaired) electrons. The summed E-state index contributed by atoms with van der Waals surface area (Å²) in [6.07, 6.45) is 0. The number of fused-ring (bicyclic) bond motifs is 1. The van der Waals surface area contributed by atoms with E-state index in [2.05, 4.69) is 4.98 Å². The van der Waals surface area contributed by atoms with Crippen LogP contribution in [0.25, 0.3) is 22.6 Å². The maximum absolute atomic E-state index is 13.3. The van der Waals surface area contributed by atoms with Crippen LogP contribution in [0.1, 0.15) is 10.4 Å². The average molecular weight is 292 g/mol. The highest BCUT2D eigenvalue weighted by Crippen LogP contribution is 2.28. The normalized spacial score (nSPS) is 10.9. The lowest BCUT2D eigenvalue weighted by Gasteiger charge is -1.97. The van der Waals surface area contributed by atoms with Gasteiger partial charge < -0.3 is 9.52 Å². The van der Waals surface area contributed by atoms with Gasteiger partial charge in [-0.05, 0) is 24.3 Å². The lowest BCUT2D eigenvalue weighted by Crippen LogP contribution is -1.95. The fraction of sp³-hybridized carbons (Fsp3) is 0. The van der Waals surface area contributed by atoms with Crippen LogP contribution in [0, 0.1) is 5.82 Å². The number of nitrogens with zero attached hydrogens (tertiary/aromatic N) is 1. The summed E-state index contributed by atoms with van der Waals surface area (Å²) in [6, 6.07) is 8.65. The van der Waals surface area contributed by atoms with E-state index in [1.807, 2.05) is 0 Å². The van der Waals surface area contributed by atoms with Crippen LogP contribution in [0.15, 0.2) is 40.8 Å². The molecule has 0 fully saturated rings. The third kappa shape index (κ3) is 2.12. The highest BCUT2D eigenvalue weighted by molar-refractivity contribution is 6.31. The number of hydrogen-bond donors (Lipinski definition) is 1. The van der Waals surface area contributed by atoms with E-state index in [1.165, 1.54) is 18.2 Å². The Bertz CT molecular complexity index is 789. The summed E-state index contributed by atoms with van der Waals surface area (Å²) in [5.74, 6) is -1.43. The van der Waals surface area contributed by atoms with Crippen LogP contribution in [0.5, 0.6) is 0 Å². The molecule has 1 heterocycles. The first kappa shape index (κ1) is 12.6. The van der Waals surface area contributed by atoms with E-state index in [0.29, 0.717) is 11.1 Å². The highest BCUT2D eigenvalue weighted by Gasteiger charge is 2.13. The molecule has 0 spiro atoms. The van der Waals surface area contributed by atoms with E-state index in [4.69, 9.17) is 21.1 Å². The molecule has 3 aromatic rings. The van der Waals surface area contributed by atoms with Gasteiger partial charge in [0, 0.05) is 11.6 Å². The minimum atomic E-state index is -1.04. The molecule has 2 aromatic carbocycles. The fourth-order valence-corrected chi connectivity index (χ4v) is 1.99. The van der Waals surface area contributed by atoms with E-state index in [9.17, 15) is 9.18 Å². The van der Waals surface area contributed by atoms with Crippen LogP contribution in [0.3, 0.4) is 0 Å². The number of carbonyl (C=O) groups is 1. The minimum absolute atomic E-state index is 0.0448. The summed E-state index contributed by atoms with van der Waals surface area (Å²) in [5.41, 5.74) is 1.28. The van der Waals surface area contributed by atoms with Crippen molar-refractivity contribution < 1.29 is 18.7 Å². The summed E-state index contributed by atoms with van der Waals surface area (Å²) < 4.78 is 18.8. The largest absolute Gasteiger partial charge is 0.478 e. The van der Waals surface area contributed by atoms with Crippen molar-refractivity contribution in [1.82, 2.24) is 4.98 Å². The quantitative estimate of drug-likeness (QED) is 0.775. The monoisotopic (exact) mass is 291 g/mol. The van der Waals surface area contributed by atoms with Gasteiger partial charge in [-0.15, -0.1) is 0 Å². The molecule has 0 aliphatic carbocycles. The molecule has 20 heavy (non-hydrogen) atoms. The van der Waals surface area contributed by atoms with Crippen molar-refractivity contribution in [2.75, 3.05) is 0 Å². The van der Waals surface area contributed by atoms with E-state index < -0.39 is 11.8 Å². The maximum atomic E-state index is 13.3. The summed E-state index contributed by atoms with van der Waals surface area (Å²) in [4.78, 5) is 15.1. The lowest BCUT2D eigenvalue weighted by atomic mass is 10.1. The minimum Gasteiger partial charge on any atom is -0.478 e. The summed E-state index contributed by atoms with van der Waals surface area (Å²) in [6.45, 7) is 0. The Labute approximate surface area is 117 Å². The Morgan fingerprint density at radius 1 is 1.30 bits per heavy atom. The van der Waals surface area contributed by atoms with Crippen molar-refractivity contribution in [2.24, 2.45) is 0 Å². The van der Waals surface area contributed by atoms with Gasteiger partial charge >= 0.3 is 5.97 Å². The third-order valence-electron chi connectivity index (χ3n) is 2.79. The van der Waals surface area contributed by atoms with E-state index >= 15 is 0 Å². The van der Waals surface area contributed by atoms with Crippen molar-refractivity contribution in [2.45, 2.75) is 0 Å². The van der Waals surface area contributed by atoms with Gasteiger partial charge in [0.15, 0.2) is 5.58 Å². The molecule has 1 aromatic heterocycles. The van der Waals surface area contributed by atoms with Gasteiger partial charge in [-0.1, -0.05) is 17.7 Å². The Balaban J connectivity index is 2.15. The van der Waals surface area contributed by atoms with Crippen molar-refractivity contribution in [3.63, 3.8) is 0 Å². The van der Waals surface area contributed by atoms with Crippen LogP contribution in [0.4, 0.5) is 4.39 Å². The van der Waals surface area contributed by atoms with E-state index in [-0.39, 0.29) is 22.1 Å². The van der Waals surface area contributed by atoms with Crippen molar-refractivity contribution >= 4 is 28.7 Å². The van der Waals surface area contributed by atoms with Crippen LogP contribution in [-0.4, -0.2) is 16.1 Å². The molecule has 0 saturated heterocycles. The SMILES string of the molecule is O=C(O)c1cccc(-c2nc3cc(Cl)c(F)cc3o2)c1. The zero-order valence-corrected chi connectivity index (χ0v) is 10.7. The smallest absolute Gasteiger partial charge is 0.335 e. The molecule has 0 saturated carbocycles. The Morgan fingerprint density at radius 3 is 2.85 bits per heavy atom. The molecule has 3 rings (SSSR count). The zero-order chi connectivity index (χ0) is 14.3. The highest BCUT2D eigenvalue weighted by atomic mass is 35.5. The third-order valence-corrected chi connectivity index (χ3v) is 3.08. The predicted octanol–water partition coefficient (Wildman–Crippen LogP) is 3.99. The molecule has 0 aliphatic heterocycles. The predicted molar refractivity (Wildman–Crippen MR) is 71.4 cm³/mol. The maximum Gasteiger partial charge on any atom is 0.335 e. The number of aromatic nitrogens is 1. The molecule has 6 heteroatoms. The molecule has 0 amide bonds. The molecular weight excluding hydrogens is 285 g/mol. The topological polar surface area (TPSA) is 63.3 Å². The first-order valence-electron chi connectivity index (χ1n) is 5.64. The van der Waals surface area contributed by atoms with Crippen molar-refractivity contribution in [1.29, 1.82) is 0 Å². The molecular formula is C14H7ClFNO3. The van der Waals surface area contributed by atoms with Gasteiger partial charge in [0.25, 0.3) is 0 Å². The van der Waals surface area contributed by atoms with E-state index in [0.717, 1.165) is 6.07 Å². The van der Waals surface area contributed by atoms with Gasteiger partial charge in [0.1, 0.15) is 11.3 Å². The standard InChI is InChI=1S/C14H7ClFNO3/c15-9-5-11-12(6-10(9)16)20-13(17-11)7-2-1-3-8(4-7)14(18)19/h1-6H,(H,18,19). The summed E-state index contributed by atoms with van der Waals surface area (Å²) in [5, 5.41) is 8.91. The molecule has 0 atom stereocenters. The van der Waals surface area contributed by atoms with Crippen LogP contribution in [-0.2, 0) is 0 Å². The summed E-state index contributed by atoms with van der Waals surface area (Å²) in [7, 11) is 0. The van der Waals surface area contributed by atoms with E-state index in [1.54, 1.807) is 12.1 Å². The van der Waals surface area contributed by atoms with Crippen LogP contribution in [0.2, 0.25) is 5.02 Å². The zero-order valence-electron chi connectivity index (χ0n) is 9.93. The Morgan fingerprint density at radius 2 is 2.10 bits per heavy atom. The number of carboxylic acids is 1. The Kier molecular flexibility index (Phi) is 2.91. The first-order valence-corrected chi connectivity index (χ1v) is 6.02. The molecule has 1 N–H and O–H groups in total. The fourth-order valence-electron chi connectivity index (χ4n) is 1.83. The lowest BCUT2D eigenvalue weighted by molar-refractivity contribution is 0.0697. The summed E-state index contributed by atoms with van der Waals surface area (Å²) >= 11 is 5.68. The number of rotatable bonds is 2. The van der Waals surface area contributed by atoms with Crippen molar-refractivity contribution in [3.8, 4) is 11.5 Å². The number of oxazole rings is 1. The second-order valence-electron chi connectivity index (χ2n) is 4.14. The van der Waals surface area contributed by atoms with Gasteiger partial charge in [0.2, 0.25) is 5.89 Å². The van der Waals surface area contributed by atoms with Gasteiger partial charge in [-0.3, -0.25) is 0 Å². The van der Waals surface area contributed by atoms with Gasteiger partial charge in [-0.2, -0.15) is 0 Å². The molecule has 0 bridgehead atoms. The van der Waals surface area contributed by atoms with Gasteiger partial charge in [-0.25, -0.2) is 14.2 Å². The average Bonchev–Trinajstić information content (AvgIpc) is 2.82. The number of benzene rings is 2. The number of carboxylic acid groups (broad SMARTS) is 1. The van der Waals surface area contributed by atoms with Crippen LogP contribution >= 0.6 is 11.6 Å². The van der Waals surface area contributed by atoms with Gasteiger partial charge in [0.05, 0.1) is 10.6 Å². The Hall–Kier alpha value is -2.40. The number of aromatic carboxylic acids is 1. The molecule has 100 valence electrons. The second kappa shape index (κ2) is 4.61. The van der Waals surface area contributed by atoms with Crippen LogP contribution < -0.4 is 0 Å². The molecule has 0 unspecified atom stereocenters. The second-order valence-corrected chi connectivity index (χ2v) is 4.55. The van der Waals surface area contributed by atoms with Crippen molar-refractivity contribution in [3.05, 3.63) is 52.8 Å². The molecule has 0 aliphatic rings.